The Morgan fingerprint density at radius 1 is 1.00 bits per heavy atom. The highest BCUT2D eigenvalue weighted by Crippen LogP contribution is 2.27. The Hall–Kier alpha value is -4.10. The Kier molecular flexibility index (Phi) is 6.71. The summed E-state index contributed by atoms with van der Waals surface area (Å²) in [5.74, 6) is -0.124. The van der Waals surface area contributed by atoms with Gasteiger partial charge in [0.2, 0.25) is 5.91 Å². The predicted octanol–water partition coefficient (Wildman–Crippen LogP) is 4.57. The highest BCUT2D eigenvalue weighted by molar-refractivity contribution is 6.30. The van der Waals surface area contributed by atoms with Crippen LogP contribution in [-0.4, -0.2) is 35.2 Å². The number of benzene rings is 3. The van der Waals surface area contributed by atoms with Gasteiger partial charge < -0.3 is 15.4 Å². The van der Waals surface area contributed by atoms with Crippen molar-refractivity contribution >= 4 is 29.1 Å². The van der Waals surface area contributed by atoms with E-state index in [4.69, 9.17) is 16.3 Å². The van der Waals surface area contributed by atoms with Crippen molar-refractivity contribution in [1.29, 1.82) is 0 Å². The summed E-state index contributed by atoms with van der Waals surface area (Å²) in [5.41, 5.74) is 2.94. The van der Waals surface area contributed by atoms with Crippen LogP contribution in [0.25, 0.3) is 16.9 Å². The van der Waals surface area contributed by atoms with Gasteiger partial charge >= 0.3 is 0 Å². The van der Waals surface area contributed by atoms with Gasteiger partial charge in [-0.15, -0.1) is 0 Å². The number of hydrogen-bond acceptors (Lipinski definition) is 4. The van der Waals surface area contributed by atoms with Crippen molar-refractivity contribution in [2.45, 2.75) is 0 Å². The number of carbonyl (C=O) groups excluding carboxylic acids is 2. The van der Waals surface area contributed by atoms with E-state index in [2.05, 4.69) is 15.7 Å². The fourth-order valence-electron chi connectivity index (χ4n) is 3.23. The van der Waals surface area contributed by atoms with Crippen LogP contribution in [0.4, 0.5) is 5.69 Å². The molecule has 2 N–H and O–H groups in total. The molecule has 8 heteroatoms. The second-order valence-electron chi connectivity index (χ2n) is 7.14. The third kappa shape index (κ3) is 5.39. The van der Waals surface area contributed by atoms with Crippen molar-refractivity contribution in [2.75, 3.05) is 19.0 Å². The van der Waals surface area contributed by atoms with Crippen molar-refractivity contribution in [3.8, 4) is 22.7 Å². The molecule has 3 aromatic carbocycles. The van der Waals surface area contributed by atoms with Gasteiger partial charge in [0.25, 0.3) is 5.91 Å². The Balaban J connectivity index is 1.57. The molecule has 7 nitrogen and oxygen atoms in total. The summed E-state index contributed by atoms with van der Waals surface area (Å²) in [5, 5.41) is 10.6. The number of methoxy groups -OCH3 is 1. The molecule has 0 bridgehead atoms. The number of anilines is 1. The lowest BCUT2D eigenvalue weighted by Crippen LogP contribution is -2.32. The zero-order valence-electron chi connectivity index (χ0n) is 17.8. The van der Waals surface area contributed by atoms with Crippen LogP contribution in [0.3, 0.4) is 0 Å². The third-order valence-electron chi connectivity index (χ3n) is 4.86. The highest BCUT2D eigenvalue weighted by atomic mass is 35.5. The molecular formula is C25H21ClN4O3. The molecule has 0 atom stereocenters. The van der Waals surface area contributed by atoms with E-state index in [0.29, 0.717) is 27.7 Å². The Labute approximate surface area is 196 Å². The van der Waals surface area contributed by atoms with Crippen LogP contribution in [0.5, 0.6) is 5.75 Å². The third-order valence-corrected chi connectivity index (χ3v) is 5.11. The number of para-hydroxylation sites is 1. The number of amides is 2. The second kappa shape index (κ2) is 10.0. The Morgan fingerprint density at radius 2 is 1.76 bits per heavy atom. The first-order valence-corrected chi connectivity index (χ1v) is 10.5. The molecule has 4 aromatic rings. The van der Waals surface area contributed by atoms with E-state index in [1.165, 1.54) is 0 Å². The van der Waals surface area contributed by atoms with Gasteiger partial charge in [-0.25, -0.2) is 4.68 Å². The lowest BCUT2D eigenvalue weighted by molar-refractivity contribution is -0.115. The van der Waals surface area contributed by atoms with Crippen molar-refractivity contribution in [1.82, 2.24) is 15.1 Å². The second-order valence-corrected chi connectivity index (χ2v) is 7.58. The maximum absolute atomic E-state index is 13.0. The van der Waals surface area contributed by atoms with Gasteiger partial charge in [-0.05, 0) is 48.5 Å². The minimum absolute atomic E-state index is 0.199. The lowest BCUT2D eigenvalue weighted by atomic mass is 10.1. The van der Waals surface area contributed by atoms with Gasteiger partial charge in [-0.2, -0.15) is 5.10 Å². The number of hydrogen-bond donors (Lipinski definition) is 2. The zero-order chi connectivity index (χ0) is 23.2. The highest BCUT2D eigenvalue weighted by Gasteiger charge is 2.20. The molecule has 1 heterocycles. The predicted molar refractivity (Wildman–Crippen MR) is 128 cm³/mol. The number of halogens is 1. The lowest BCUT2D eigenvalue weighted by Gasteiger charge is -2.08. The molecule has 2 amide bonds. The molecule has 0 radical (unpaired) electrons. The number of ether oxygens (including phenoxy) is 1. The van der Waals surface area contributed by atoms with Crippen LogP contribution in [0.2, 0.25) is 5.02 Å². The molecule has 0 saturated heterocycles. The van der Waals surface area contributed by atoms with E-state index in [1.54, 1.807) is 42.3 Å². The van der Waals surface area contributed by atoms with Gasteiger partial charge in [-0.3, -0.25) is 9.59 Å². The normalized spacial score (nSPS) is 10.5. The minimum atomic E-state index is -0.416. The van der Waals surface area contributed by atoms with Gasteiger partial charge in [0.15, 0.2) is 0 Å². The number of rotatable bonds is 7. The SMILES string of the molecule is COc1cccc(-c2nn(-c3ccccc3)cc2C(=O)NCC(=O)Nc2ccc(Cl)cc2)c1. The Morgan fingerprint density at radius 3 is 2.48 bits per heavy atom. The first-order chi connectivity index (χ1) is 16.0. The first-order valence-electron chi connectivity index (χ1n) is 10.2. The topological polar surface area (TPSA) is 85.2 Å². The molecule has 166 valence electrons. The van der Waals surface area contributed by atoms with E-state index < -0.39 is 5.91 Å². The number of carbonyl (C=O) groups is 2. The molecular weight excluding hydrogens is 440 g/mol. The van der Waals surface area contributed by atoms with Crippen LogP contribution in [0.1, 0.15) is 10.4 Å². The molecule has 0 aliphatic carbocycles. The molecule has 33 heavy (non-hydrogen) atoms. The standard InChI is InChI=1S/C25H21ClN4O3/c1-33-21-9-5-6-17(14-21)24-22(16-30(29-24)20-7-3-2-4-8-20)25(32)27-15-23(31)28-19-12-10-18(26)11-13-19/h2-14,16H,15H2,1H3,(H,27,32)(H,28,31). The monoisotopic (exact) mass is 460 g/mol. The van der Waals surface area contributed by atoms with Crippen molar-refractivity contribution in [2.24, 2.45) is 0 Å². The van der Waals surface area contributed by atoms with Crippen molar-refractivity contribution < 1.29 is 14.3 Å². The average Bonchev–Trinajstić information content (AvgIpc) is 3.30. The maximum atomic E-state index is 13.0. The van der Waals surface area contributed by atoms with Gasteiger partial charge in [0, 0.05) is 22.5 Å². The summed E-state index contributed by atoms with van der Waals surface area (Å²) in [6.45, 7) is -0.199. The fourth-order valence-corrected chi connectivity index (χ4v) is 3.36. The summed E-state index contributed by atoms with van der Waals surface area (Å²) in [6.07, 6.45) is 1.65. The van der Waals surface area contributed by atoms with E-state index in [1.807, 2.05) is 54.6 Å². The number of aromatic nitrogens is 2. The van der Waals surface area contributed by atoms with E-state index >= 15 is 0 Å². The van der Waals surface area contributed by atoms with E-state index in [9.17, 15) is 9.59 Å². The van der Waals surface area contributed by atoms with Gasteiger partial charge in [0.1, 0.15) is 11.4 Å². The van der Waals surface area contributed by atoms with Crippen LogP contribution in [0, 0.1) is 0 Å². The van der Waals surface area contributed by atoms with Crippen LogP contribution in [-0.2, 0) is 4.79 Å². The first kappa shape index (κ1) is 22.1. The quantitative estimate of drug-likeness (QED) is 0.423. The maximum Gasteiger partial charge on any atom is 0.255 e. The molecule has 0 spiro atoms. The molecule has 4 rings (SSSR count). The van der Waals surface area contributed by atoms with Crippen molar-refractivity contribution in [3.05, 3.63) is 95.6 Å². The van der Waals surface area contributed by atoms with E-state index in [0.717, 1.165) is 11.3 Å². The zero-order valence-corrected chi connectivity index (χ0v) is 18.5. The molecule has 0 unspecified atom stereocenters. The molecule has 0 aliphatic heterocycles. The average molecular weight is 461 g/mol. The summed E-state index contributed by atoms with van der Waals surface area (Å²) in [6, 6.07) is 23.5. The van der Waals surface area contributed by atoms with E-state index in [-0.39, 0.29) is 12.5 Å². The van der Waals surface area contributed by atoms with Crippen LogP contribution in [0.15, 0.2) is 85.1 Å². The van der Waals surface area contributed by atoms with Gasteiger partial charge in [0.05, 0.1) is 24.9 Å². The fraction of sp³-hybridized carbons (Fsp3) is 0.0800. The van der Waals surface area contributed by atoms with Crippen LogP contribution >= 0.6 is 11.6 Å². The summed E-state index contributed by atoms with van der Waals surface area (Å²) < 4.78 is 6.95. The summed E-state index contributed by atoms with van der Waals surface area (Å²) in [7, 11) is 1.58. The number of nitrogens with zero attached hydrogens (tertiary/aromatic N) is 2. The Bertz CT molecular complexity index is 1270. The van der Waals surface area contributed by atoms with Crippen molar-refractivity contribution in [3.63, 3.8) is 0 Å². The largest absolute Gasteiger partial charge is 0.497 e. The summed E-state index contributed by atoms with van der Waals surface area (Å²) in [4.78, 5) is 25.3. The smallest absolute Gasteiger partial charge is 0.255 e. The van der Waals surface area contributed by atoms with Gasteiger partial charge in [-0.1, -0.05) is 41.9 Å². The molecule has 0 fully saturated rings. The molecule has 0 aliphatic rings. The van der Waals surface area contributed by atoms with Crippen LogP contribution < -0.4 is 15.4 Å². The number of nitrogens with one attached hydrogen (secondary N) is 2. The minimum Gasteiger partial charge on any atom is -0.497 e. The molecule has 0 saturated carbocycles. The summed E-state index contributed by atoms with van der Waals surface area (Å²) >= 11 is 5.86. The molecule has 1 aromatic heterocycles.